The van der Waals surface area contributed by atoms with Crippen molar-refractivity contribution in [1.82, 2.24) is 10.2 Å². The summed E-state index contributed by atoms with van der Waals surface area (Å²) in [5.74, 6) is 0.0353. The van der Waals surface area contributed by atoms with Crippen LogP contribution in [0.3, 0.4) is 0 Å². The van der Waals surface area contributed by atoms with Gasteiger partial charge in [-0.1, -0.05) is 60.7 Å². The fourth-order valence-electron chi connectivity index (χ4n) is 3.73. The first-order chi connectivity index (χ1) is 15.6. The normalized spacial score (nSPS) is 12.6. The average molecular weight is 428 g/mol. The first kappa shape index (κ1) is 21.3. The minimum atomic E-state index is -0.295. The third-order valence-corrected chi connectivity index (χ3v) is 5.32. The Morgan fingerprint density at radius 1 is 0.781 bits per heavy atom. The Morgan fingerprint density at radius 3 is 2.06 bits per heavy atom. The third kappa shape index (κ3) is 4.70. The highest BCUT2D eigenvalue weighted by molar-refractivity contribution is 6.21. The molecule has 3 aromatic carbocycles. The summed E-state index contributed by atoms with van der Waals surface area (Å²) in [6.45, 7) is 0.934. The van der Waals surface area contributed by atoms with Crippen molar-refractivity contribution in [3.05, 3.63) is 90.0 Å². The number of carbonyl (C=O) groups is 3. The van der Waals surface area contributed by atoms with Gasteiger partial charge in [0, 0.05) is 18.5 Å². The number of nitrogens with one attached hydrogen (secondary N) is 1. The van der Waals surface area contributed by atoms with Gasteiger partial charge in [-0.25, -0.2) is 0 Å². The summed E-state index contributed by atoms with van der Waals surface area (Å²) in [6.07, 6.45) is 0.642. The topological polar surface area (TPSA) is 75.7 Å². The number of carbonyl (C=O) groups excluding carboxylic acids is 3. The maximum atomic E-state index is 12.3. The Morgan fingerprint density at radius 2 is 1.38 bits per heavy atom. The molecule has 1 aliphatic rings. The zero-order valence-corrected chi connectivity index (χ0v) is 17.6. The van der Waals surface area contributed by atoms with Gasteiger partial charge in [-0.15, -0.1) is 0 Å². The highest BCUT2D eigenvalue weighted by atomic mass is 16.5. The van der Waals surface area contributed by atoms with E-state index in [2.05, 4.69) is 5.32 Å². The predicted octanol–water partition coefficient (Wildman–Crippen LogP) is 3.93. The molecule has 3 aromatic rings. The highest BCUT2D eigenvalue weighted by Crippen LogP contribution is 2.29. The number of fused-ring (bicyclic) bond motifs is 1. The molecule has 0 aliphatic carbocycles. The Labute approximate surface area is 186 Å². The molecule has 1 aliphatic heterocycles. The molecule has 6 heteroatoms. The number of rotatable bonds is 9. The first-order valence-corrected chi connectivity index (χ1v) is 10.6. The van der Waals surface area contributed by atoms with Crippen LogP contribution in [-0.4, -0.2) is 42.3 Å². The van der Waals surface area contributed by atoms with Crippen LogP contribution in [0.4, 0.5) is 0 Å². The Kier molecular flexibility index (Phi) is 6.60. The molecule has 0 radical (unpaired) electrons. The van der Waals surface area contributed by atoms with Crippen molar-refractivity contribution in [2.75, 3.05) is 19.7 Å². The molecule has 0 aromatic heterocycles. The van der Waals surface area contributed by atoms with Gasteiger partial charge in [-0.05, 0) is 30.2 Å². The lowest BCUT2D eigenvalue weighted by Gasteiger charge is -2.14. The molecule has 0 unspecified atom stereocenters. The van der Waals surface area contributed by atoms with Crippen LogP contribution >= 0.6 is 0 Å². The monoisotopic (exact) mass is 428 g/mol. The van der Waals surface area contributed by atoms with Crippen LogP contribution < -0.4 is 10.1 Å². The zero-order valence-electron chi connectivity index (χ0n) is 17.6. The molecule has 4 rings (SSSR count). The van der Waals surface area contributed by atoms with E-state index in [1.165, 1.54) is 4.90 Å². The predicted molar refractivity (Wildman–Crippen MR) is 121 cm³/mol. The fraction of sp³-hybridized carbons (Fsp3) is 0.192. The summed E-state index contributed by atoms with van der Waals surface area (Å²) in [4.78, 5) is 38.0. The second-order valence-corrected chi connectivity index (χ2v) is 7.47. The summed E-state index contributed by atoms with van der Waals surface area (Å²) >= 11 is 0. The molecule has 0 atom stereocenters. The van der Waals surface area contributed by atoms with E-state index >= 15 is 0 Å². The molecule has 0 saturated carbocycles. The molecule has 162 valence electrons. The molecule has 3 amide bonds. The first-order valence-electron chi connectivity index (χ1n) is 10.6. The van der Waals surface area contributed by atoms with Crippen LogP contribution in [0.5, 0.6) is 5.75 Å². The number of hydrogen-bond donors (Lipinski definition) is 1. The van der Waals surface area contributed by atoms with E-state index < -0.39 is 0 Å². The summed E-state index contributed by atoms with van der Waals surface area (Å²) in [6, 6.07) is 24.6. The Balaban J connectivity index is 1.20. The van der Waals surface area contributed by atoms with Crippen molar-refractivity contribution in [3.63, 3.8) is 0 Å². The van der Waals surface area contributed by atoms with E-state index in [-0.39, 0.29) is 30.7 Å². The number of ether oxygens (including phenoxy) is 1. The Hall–Kier alpha value is -3.93. The minimum Gasteiger partial charge on any atom is -0.491 e. The van der Waals surface area contributed by atoms with Gasteiger partial charge >= 0.3 is 0 Å². The number of nitrogens with zero attached hydrogens (tertiary/aromatic N) is 1. The second-order valence-electron chi connectivity index (χ2n) is 7.47. The number of benzene rings is 3. The van der Waals surface area contributed by atoms with Gasteiger partial charge in [0.05, 0.1) is 17.7 Å². The van der Waals surface area contributed by atoms with Crippen molar-refractivity contribution in [1.29, 1.82) is 0 Å². The van der Waals surface area contributed by atoms with Gasteiger partial charge in [-0.3, -0.25) is 19.3 Å². The summed E-state index contributed by atoms with van der Waals surface area (Å²) in [5.41, 5.74) is 2.92. The molecule has 32 heavy (non-hydrogen) atoms. The molecule has 0 saturated heterocycles. The lowest BCUT2D eigenvalue weighted by atomic mass is 10.1. The van der Waals surface area contributed by atoms with Gasteiger partial charge < -0.3 is 10.1 Å². The molecule has 6 nitrogen and oxygen atoms in total. The lowest BCUT2D eigenvalue weighted by Crippen LogP contribution is -2.32. The standard InChI is InChI=1S/C26H24N2O4/c29-24(15-8-17-28-25(30)21-12-4-5-13-22(21)26(28)31)27-16-18-32-23-14-7-6-11-20(23)19-9-2-1-3-10-19/h1-7,9-14H,8,15-18H2,(H,27,29). The fourth-order valence-corrected chi connectivity index (χ4v) is 3.73. The van der Waals surface area contributed by atoms with Crippen LogP contribution in [0.2, 0.25) is 0 Å². The van der Waals surface area contributed by atoms with Gasteiger partial charge in [0.1, 0.15) is 12.4 Å². The SMILES string of the molecule is O=C(CCCN1C(=O)c2ccccc2C1=O)NCCOc1ccccc1-c1ccccc1. The number of imide groups is 1. The van der Waals surface area contributed by atoms with Crippen molar-refractivity contribution in [2.45, 2.75) is 12.8 Å². The van der Waals surface area contributed by atoms with E-state index in [0.29, 0.717) is 30.7 Å². The van der Waals surface area contributed by atoms with E-state index in [4.69, 9.17) is 4.74 Å². The van der Waals surface area contributed by atoms with Crippen LogP contribution in [0.25, 0.3) is 11.1 Å². The largest absolute Gasteiger partial charge is 0.491 e. The second kappa shape index (κ2) is 9.92. The van der Waals surface area contributed by atoms with Crippen molar-refractivity contribution in [3.8, 4) is 16.9 Å². The van der Waals surface area contributed by atoms with Gasteiger partial charge in [0.2, 0.25) is 5.91 Å². The molecule has 1 heterocycles. The Bertz CT molecular complexity index is 1090. The van der Waals surface area contributed by atoms with E-state index in [9.17, 15) is 14.4 Å². The smallest absolute Gasteiger partial charge is 0.261 e. The average Bonchev–Trinajstić information content (AvgIpc) is 3.08. The molecular weight excluding hydrogens is 404 g/mol. The van der Waals surface area contributed by atoms with Crippen molar-refractivity contribution < 1.29 is 19.1 Å². The van der Waals surface area contributed by atoms with Crippen LogP contribution in [-0.2, 0) is 4.79 Å². The summed E-state index contributed by atoms with van der Waals surface area (Å²) in [7, 11) is 0. The van der Waals surface area contributed by atoms with Gasteiger partial charge in [0.15, 0.2) is 0 Å². The molecule has 1 N–H and O–H groups in total. The number of para-hydroxylation sites is 1. The molecule has 0 bridgehead atoms. The van der Waals surface area contributed by atoms with Crippen LogP contribution in [0, 0.1) is 0 Å². The van der Waals surface area contributed by atoms with E-state index in [1.807, 2.05) is 54.6 Å². The molecular formula is C26H24N2O4. The third-order valence-electron chi connectivity index (χ3n) is 5.32. The number of hydrogen-bond acceptors (Lipinski definition) is 4. The quantitative estimate of drug-likeness (QED) is 0.414. The van der Waals surface area contributed by atoms with Crippen molar-refractivity contribution >= 4 is 17.7 Å². The zero-order chi connectivity index (χ0) is 22.3. The molecule has 0 spiro atoms. The van der Waals surface area contributed by atoms with E-state index in [1.54, 1.807) is 24.3 Å². The minimum absolute atomic E-state index is 0.137. The van der Waals surface area contributed by atoms with Crippen LogP contribution in [0.1, 0.15) is 33.6 Å². The summed E-state index contributed by atoms with van der Waals surface area (Å²) < 4.78 is 5.88. The van der Waals surface area contributed by atoms with Gasteiger partial charge in [-0.2, -0.15) is 0 Å². The molecule has 0 fully saturated rings. The van der Waals surface area contributed by atoms with Crippen molar-refractivity contribution in [2.24, 2.45) is 0 Å². The van der Waals surface area contributed by atoms with Gasteiger partial charge in [0.25, 0.3) is 11.8 Å². The number of amides is 3. The maximum Gasteiger partial charge on any atom is 0.261 e. The van der Waals surface area contributed by atoms with E-state index in [0.717, 1.165) is 16.9 Å². The van der Waals surface area contributed by atoms with Crippen LogP contribution in [0.15, 0.2) is 78.9 Å². The maximum absolute atomic E-state index is 12.3. The summed E-state index contributed by atoms with van der Waals surface area (Å²) in [5, 5.41) is 2.82. The highest BCUT2D eigenvalue weighted by Gasteiger charge is 2.34. The lowest BCUT2D eigenvalue weighted by molar-refractivity contribution is -0.121.